The maximum atomic E-state index is 12.2. The number of carbonyl (C=O) groups is 3. The molecule has 0 aliphatic rings. The number of rotatable bonds is 8. The number of carbonyl (C=O) groups excluding carboxylic acids is 3. The van der Waals surface area contributed by atoms with Crippen molar-refractivity contribution in [2.75, 3.05) is 7.05 Å². The number of ketones is 1. The topological polar surface area (TPSA) is 66.5 Å². The summed E-state index contributed by atoms with van der Waals surface area (Å²) in [5.41, 5.74) is 0.920. The van der Waals surface area contributed by atoms with Gasteiger partial charge in [-0.25, -0.2) is 0 Å². The molecule has 1 unspecified atom stereocenters. The van der Waals surface area contributed by atoms with E-state index in [9.17, 15) is 14.4 Å². The number of nitrogens with zero attached hydrogens (tertiary/aromatic N) is 1. The van der Waals surface area contributed by atoms with Gasteiger partial charge < -0.3 is 10.2 Å². The van der Waals surface area contributed by atoms with E-state index in [1.54, 1.807) is 0 Å². The second-order valence-corrected chi connectivity index (χ2v) is 5.35. The largest absolute Gasteiger partial charge is 0.353 e. The SMILES string of the molecule is CNC(=O)C(=O)C(CC(C)C)N(C=O)Cc1ccccc1. The summed E-state index contributed by atoms with van der Waals surface area (Å²) in [6.45, 7) is 4.22. The van der Waals surface area contributed by atoms with Crippen LogP contribution in [0.4, 0.5) is 0 Å². The van der Waals surface area contributed by atoms with Crippen LogP contribution in [0.25, 0.3) is 0 Å². The Kier molecular flexibility index (Phi) is 6.59. The predicted octanol–water partition coefficient (Wildman–Crippen LogP) is 1.37. The lowest BCUT2D eigenvalue weighted by atomic mass is 9.98. The summed E-state index contributed by atoms with van der Waals surface area (Å²) in [7, 11) is 1.41. The molecule has 21 heavy (non-hydrogen) atoms. The molecule has 0 radical (unpaired) electrons. The lowest BCUT2D eigenvalue weighted by Gasteiger charge is -2.28. The molecule has 114 valence electrons. The predicted molar refractivity (Wildman–Crippen MR) is 80.4 cm³/mol. The standard InChI is InChI=1S/C16H22N2O3/c1-12(2)9-14(15(20)16(21)17-3)18(11-19)10-13-7-5-4-6-8-13/h4-8,11-12,14H,9-10H2,1-3H3,(H,17,21). The van der Waals surface area contributed by atoms with Crippen molar-refractivity contribution in [3.05, 3.63) is 35.9 Å². The van der Waals surface area contributed by atoms with Crippen molar-refractivity contribution in [3.8, 4) is 0 Å². The molecule has 0 fully saturated rings. The van der Waals surface area contributed by atoms with Crippen LogP contribution < -0.4 is 5.32 Å². The van der Waals surface area contributed by atoms with Gasteiger partial charge in [0, 0.05) is 13.6 Å². The van der Waals surface area contributed by atoms with E-state index < -0.39 is 17.7 Å². The Morgan fingerprint density at radius 2 is 1.86 bits per heavy atom. The van der Waals surface area contributed by atoms with Gasteiger partial charge in [-0.15, -0.1) is 0 Å². The molecule has 1 N–H and O–H groups in total. The fraction of sp³-hybridized carbons (Fsp3) is 0.438. The van der Waals surface area contributed by atoms with Crippen molar-refractivity contribution in [1.29, 1.82) is 0 Å². The smallest absolute Gasteiger partial charge is 0.289 e. The number of hydrogen-bond donors (Lipinski definition) is 1. The minimum absolute atomic E-state index is 0.196. The molecule has 0 saturated heterocycles. The van der Waals surface area contributed by atoms with E-state index in [4.69, 9.17) is 0 Å². The van der Waals surface area contributed by atoms with E-state index >= 15 is 0 Å². The van der Waals surface area contributed by atoms with Crippen LogP contribution in [0.3, 0.4) is 0 Å². The minimum Gasteiger partial charge on any atom is -0.353 e. The monoisotopic (exact) mass is 290 g/mol. The molecule has 1 aromatic carbocycles. The Morgan fingerprint density at radius 3 is 2.33 bits per heavy atom. The normalized spacial score (nSPS) is 11.8. The molecule has 0 spiro atoms. The van der Waals surface area contributed by atoms with E-state index in [1.165, 1.54) is 11.9 Å². The number of Topliss-reactive ketones (excluding diaryl/α,β-unsaturated/α-hetero) is 1. The molecule has 5 nitrogen and oxygen atoms in total. The minimum atomic E-state index is -0.734. The molecule has 1 aromatic rings. The summed E-state index contributed by atoms with van der Waals surface area (Å²) in [5.74, 6) is -1.04. The second kappa shape index (κ2) is 8.19. The van der Waals surface area contributed by atoms with Gasteiger partial charge in [-0.2, -0.15) is 0 Å². The number of benzene rings is 1. The molecule has 1 rings (SSSR count). The first-order valence-electron chi connectivity index (χ1n) is 7.00. The third-order valence-corrected chi connectivity index (χ3v) is 3.19. The van der Waals surface area contributed by atoms with Gasteiger partial charge in [0.25, 0.3) is 5.91 Å². The number of amides is 2. The van der Waals surface area contributed by atoms with E-state index in [0.717, 1.165) is 5.56 Å². The summed E-state index contributed by atoms with van der Waals surface area (Å²) < 4.78 is 0. The highest BCUT2D eigenvalue weighted by atomic mass is 16.2. The first-order chi connectivity index (χ1) is 9.99. The zero-order chi connectivity index (χ0) is 15.8. The van der Waals surface area contributed by atoms with Gasteiger partial charge in [-0.1, -0.05) is 44.2 Å². The molecule has 1 atom stereocenters. The maximum Gasteiger partial charge on any atom is 0.289 e. The highest BCUT2D eigenvalue weighted by Gasteiger charge is 2.30. The molecule has 0 heterocycles. The Balaban J connectivity index is 2.95. The lowest BCUT2D eigenvalue weighted by Crippen LogP contribution is -2.46. The van der Waals surface area contributed by atoms with Gasteiger partial charge in [0.1, 0.15) is 6.04 Å². The van der Waals surface area contributed by atoms with Crippen LogP contribution in [0.1, 0.15) is 25.8 Å². The van der Waals surface area contributed by atoms with Gasteiger partial charge in [-0.05, 0) is 17.9 Å². The van der Waals surface area contributed by atoms with Gasteiger partial charge in [0.15, 0.2) is 0 Å². The first kappa shape index (κ1) is 16.9. The number of likely N-dealkylation sites (N-methyl/N-ethyl adjacent to an activating group) is 1. The summed E-state index contributed by atoms with van der Waals surface area (Å²) in [4.78, 5) is 36.6. The Hall–Kier alpha value is -2.17. The van der Waals surface area contributed by atoms with Crippen LogP contribution in [-0.4, -0.2) is 36.1 Å². The average molecular weight is 290 g/mol. The zero-order valence-corrected chi connectivity index (χ0v) is 12.7. The summed E-state index contributed by atoms with van der Waals surface area (Å²) >= 11 is 0. The Labute approximate surface area is 125 Å². The van der Waals surface area contributed by atoms with Crippen LogP contribution in [0.15, 0.2) is 30.3 Å². The van der Waals surface area contributed by atoms with E-state index in [1.807, 2.05) is 44.2 Å². The third kappa shape index (κ3) is 5.02. The summed E-state index contributed by atoms with van der Waals surface area (Å²) in [6.07, 6.45) is 1.10. The molecular weight excluding hydrogens is 268 g/mol. The fourth-order valence-corrected chi connectivity index (χ4v) is 2.13. The van der Waals surface area contributed by atoms with Crippen molar-refractivity contribution >= 4 is 18.1 Å². The molecule has 0 bridgehead atoms. The lowest BCUT2D eigenvalue weighted by molar-refractivity contribution is -0.143. The summed E-state index contributed by atoms with van der Waals surface area (Å²) in [6, 6.07) is 8.66. The molecule has 0 saturated carbocycles. The van der Waals surface area contributed by atoms with Crippen LogP contribution in [0.2, 0.25) is 0 Å². The van der Waals surface area contributed by atoms with Crippen molar-refractivity contribution in [2.45, 2.75) is 32.9 Å². The summed E-state index contributed by atoms with van der Waals surface area (Å²) in [5, 5.41) is 2.33. The quantitative estimate of drug-likeness (QED) is 0.581. The number of nitrogens with one attached hydrogen (secondary N) is 1. The Bertz CT molecular complexity index is 486. The van der Waals surface area contributed by atoms with Crippen molar-refractivity contribution in [2.24, 2.45) is 5.92 Å². The van der Waals surface area contributed by atoms with E-state index in [-0.39, 0.29) is 5.92 Å². The third-order valence-electron chi connectivity index (χ3n) is 3.19. The first-order valence-corrected chi connectivity index (χ1v) is 7.00. The van der Waals surface area contributed by atoms with Gasteiger partial charge in [-0.3, -0.25) is 14.4 Å². The fourth-order valence-electron chi connectivity index (χ4n) is 2.13. The Morgan fingerprint density at radius 1 is 1.24 bits per heavy atom. The van der Waals surface area contributed by atoms with Crippen molar-refractivity contribution in [1.82, 2.24) is 10.2 Å². The highest BCUT2D eigenvalue weighted by molar-refractivity contribution is 6.38. The van der Waals surface area contributed by atoms with Gasteiger partial charge >= 0.3 is 0 Å². The molecule has 0 aliphatic heterocycles. The molecule has 0 aromatic heterocycles. The van der Waals surface area contributed by atoms with Crippen LogP contribution in [0.5, 0.6) is 0 Å². The number of hydrogen-bond acceptors (Lipinski definition) is 3. The molecular formula is C16H22N2O3. The maximum absolute atomic E-state index is 12.2. The van der Waals surface area contributed by atoms with Crippen LogP contribution in [0, 0.1) is 5.92 Å². The van der Waals surface area contributed by atoms with E-state index in [0.29, 0.717) is 19.4 Å². The molecule has 2 amide bonds. The van der Waals surface area contributed by atoms with E-state index in [2.05, 4.69) is 5.32 Å². The van der Waals surface area contributed by atoms with Crippen molar-refractivity contribution in [3.63, 3.8) is 0 Å². The molecule has 0 aliphatic carbocycles. The van der Waals surface area contributed by atoms with Crippen LogP contribution >= 0.6 is 0 Å². The van der Waals surface area contributed by atoms with Crippen LogP contribution in [-0.2, 0) is 20.9 Å². The second-order valence-electron chi connectivity index (χ2n) is 5.35. The molecule has 5 heteroatoms. The highest BCUT2D eigenvalue weighted by Crippen LogP contribution is 2.15. The van der Waals surface area contributed by atoms with Crippen molar-refractivity contribution < 1.29 is 14.4 Å². The zero-order valence-electron chi connectivity index (χ0n) is 12.7. The average Bonchev–Trinajstić information content (AvgIpc) is 2.49. The van der Waals surface area contributed by atoms with Gasteiger partial charge in [0.05, 0.1) is 0 Å². The van der Waals surface area contributed by atoms with Gasteiger partial charge in [0.2, 0.25) is 12.2 Å².